The molecule has 4 nitrogen and oxygen atoms in total. The van der Waals surface area contributed by atoms with Crippen molar-refractivity contribution in [3.63, 3.8) is 0 Å². The van der Waals surface area contributed by atoms with E-state index in [1.54, 1.807) is 0 Å². The summed E-state index contributed by atoms with van der Waals surface area (Å²) in [5, 5.41) is 0. The van der Waals surface area contributed by atoms with Gasteiger partial charge < -0.3 is 4.90 Å². The molecule has 5 heteroatoms. The smallest absolute Gasteiger partial charge is 0.223 e. The second-order valence-electron chi connectivity index (χ2n) is 5.77. The molecule has 0 aromatic heterocycles. The van der Waals surface area contributed by atoms with Crippen LogP contribution in [0.15, 0.2) is 30.3 Å². The molecule has 1 saturated heterocycles. The van der Waals surface area contributed by atoms with Crippen LogP contribution in [-0.2, 0) is 21.2 Å². The maximum absolute atomic E-state index is 12.4. The zero-order valence-electron chi connectivity index (χ0n) is 12.5. The molecule has 0 spiro atoms. The molecule has 0 saturated carbocycles. The number of hydrogen-bond acceptors (Lipinski definition) is 3. The van der Waals surface area contributed by atoms with E-state index < -0.39 is 9.84 Å². The molecule has 1 heterocycles. The predicted molar refractivity (Wildman–Crippen MR) is 83.5 cm³/mol. The first-order chi connectivity index (χ1) is 10.00. The molecule has 1 aliphatic heterocycles. The fourth-order valence-electron chi connectivity index (χ4n) is 2.77. The van der Waals surface area contributed by atoms with Gasteiger partial charge in [0.25, 0.3) is 0 Å². The van der Waals surface area contributed by atoms with Gasteiger partial charge in [0, 0.05) is 19.5 Å². The van der Waals surface area contributed by atoms with Crippen LogP contribution in [0.25, 0.3) is 0 Å². The van der Waals surface area contributed by atoms with Crippen molar-refractivity contribution in [1.29, 1.82) is 0 Å². The van der Waals surface area contributed by atoms with Crippen molar-refractivity contribution in [3.8, 4) is 0 Å². The number of carbonyl (C=O) groups excluding carboxylic acids is 1. The maximum atomic E-state index is 12.4. The summed E-state index contributed by atoms with van der Waals surface area (Å²) in [6, 6.07) is 9.91. The molecule has 0 bridgehead atoms. The third-order valence-corrected chi connectivity index (χ3v) is 5.69. The zero-order valence-corrected chi connectivity index (χ0v) is 13.3. The van der Waals surface area contributed by atoms with Crippen LogP contribution in [0.2, 0.25) is 0 Å². The highest BCUT2D eigenvalue weighted by atomic mass is 32.2. The van der Waals surface area contributed by atoms with Crippen LogP contribution in [0.1, 0.15) is 31.7 Å². The Balaban J connectivity index is 1.96. The van der Waals surface area contributed by atoms with Gasteiger partial charge in [-0.25, -0.2) is 8.42 Å². The van der Waals surface area contributed by atoms with Crippen molar-refractivity contribution in [3.05, 3.63) is 35.9 Å². The number of amides is 1. The topological polar surface area (TPSA) is 54.5 Å². The molecule has 1 aliphatic rings. The van der Waals surface area contributed by atoms with Crippen molar-refractivity contribution in [2.75, 3.05) is 18.1 Å². The lowest BCUT2D eigenvalue weighted by atomic mass is 10.0. The third kappa shape index (κ3) is 4.84. The lowest BCUT2D eigenvalue weighted by molar-refractivity contribution is -0.132. The molecule has 2 rings (SSSR count). The van der Waals surface area contributed by atoms with Gasteiger partial charge in [-0.1, -0.05) is 37.3 Å². The van der Waals surface area contributed by atoms with Crippen molar-refractivity contribution in [2.24, 2.45) is 5.92 Å². The van der Waals surface area contributed by atoms with Crippen LogP contribution in [-0.4, -0.2) is 37.3 Å². The van der Waals surface area contributed by atoms with E-state index >= 15 is 0 Å². The molecule has 1 aromatic rings. The quantitative estimate of drug-likeness (QED) is 0.810. The van der Waals surface area contributed by atoms with Gasteiger partial charge in [0.05, 0.1) is 11.5 Å². The van der Waals surface area contributed by atoms with Crippen LogP contribution < -0.4 is 0 Å². The van der Waals surface area contributed by atoms with Crippen molar-refractivity contribution in [1.82, 2.24) is 4.90 Å². The molecule has 116 valence electrons. The van der Waals surface area contributed by atoms with E-state index in [0.29, 0.717) is 25.9 Å². The molecule has 0 aliphatic carbocycles. The third-order valence-electron chi connectivity index (χ3n) is 3.85. The lowest BCUT2D eigenvalue weighted by Gasteiger charge is -2.23. The Morgan fingerprint density at radius 2 is 2.00 bits per heavy atom. The van der Waals surface area contributed by atoms with Gasteiger partial charge in [-0.3, -0.25) is 4.79 Å². The fourth-order valence-corrected chi connectivity index (χ4v) is 4.64. The maximum Gasteiger partial charge on any atom is 0.223 e. The summed E-state index contributed by atoms with van der Waals surface area (Å²) >= 11 is 0. The van der Waals surface area contributed by atoms with Crippen LogP contribution in [0.4, 0.5) is 0 Å². The first-order valence-electron chi connectivity index (χ1n) is 7.52. The summed E-state index contributed by atoms with van der Waals surface area (Å²) in [4.78, 5) is 14.3. The Labute approximate surface area is 127 Å². The average molecular weight is 309 g/mol. The van der Waals surface area contributed by atoms with Crippen LogP contribution in [0.3, 0.4) is 0 Å². The number of carbonyl (C=O) groups is 1. The Kier molecular flexibility index (Phi) is 5.39. The number of benzene rings is 1. The van der Waals surface area contributed by atoms with E-state index in [9.17, 15) is 13.2 Å². The van der Waals surface area contributed by atoms with Crippen molar-refractivity contribution in [2.45, 2.75) is 32.7 Å². The molecule has 0 N–H and O–H groups in total. The second kappa shape index (κ2) is 7.07. The standard InChI is InChI=1S/C16H23NO3S/c1-2-9-17(12-14-6-4-3-5-7-14)16(18)11-15-8-10-21(19,20)13-15/h3-7,15H,2,8-13H2,1H3. The van der Waals surface area contributed by atoms with Gasteiger partial charge in [0.2, 0.25) is 5.91 Å². The number of hydrogen-bond donors (Lipinski definition) is 0. The largest absolute Gasteiger partial charge is 0.338 e. The molecule has 1 atom stereocenters. The summed E-state index contributed by atoms with van der Waals surface area (Å²) in [6.45, 7) is 3.37. The van der Waals surface area contributed by atoms with Crippen LogP contribution in [0, 0.1) is 5.92 Å². The van der Waals surface area contributed by atoms with E-state index in [-0.39, 0.29) is 23.3 Å². The molecule has 1 aromatic carbocycles. The van der Waals surface area contributed by atoms with Gasteiger partial charge in [-0.15, -0.1) is 0 Å². The first kappa shape index (κ1) is 16.0. The summed E-state index contributed by atoms with van der Waals surface area (Å²) < 4.78 is 23.0. The summed E-state index contributed by atoms with van der Waals surface area (Å²) in [6.07, 6.45) is 1.88. The van der Waals surface area contributed by atoms with E-state index in [1.165, 1.54) is 0 Å². The van der Waals surface area contributed by atoms with Gasteiger partial charge in [0.15, 0.2) is 9.84 Å². The summed E-state index contributed by atoms with van der Waals surface area (Å²) in [5.41, 5.74) is 1.11. The minimum Gasteiger partial charge on any atom is -0.338 e. The highest BCUT2D eigenvalue weighted by Gasteiger charge is 2.30. The van der Waals surface area contributed by atoms with Gasteiger partial charge in [0.1, 0.15) is 0 Å². The minimum atomic E-state index is -2.91. The molecule has 1 amide bonds. The van der Waals surface area contributed by atoms with Gasteiger partial charge >= 0.3 is 0 Å². The summed E-state index contributed by atoms with van der Waals surface area (Å²) in [5.74, 6) is 0.474. The normalized spacial score (nSPS) is 20.3. The fraction of sp³-hybridized carbons (Fsp3) is 0.562. The monoisotopic (exact) mass is 309 g/mol. The Hall–Kier alpha value is -1.36. The zero-order chi connectivity index (χ0) is 15.3. The highest BCUT2D eigenvalue weighted by Crippen LogP contribution is 2.23. The molecule has 1 unspecified atom stereocenters. The van der Waals surface area contributed by atoms with Gasteiger partial charge in [-0.05, 0) is 24.3 Å². The van der Waals surface area contributed by atoms with Gasteiger partial charge in [-0.2, -0.15) is 0 Å². The van der Waals surface area contributed by atoms with E-state index in [1.807, 2.05) is 42.2 Å². The molecule has 21 heavy (non-hydrogen) atoms. The Morgan fingerprint density at radius 3 is 2.57 bits per heavy atom. The van der Waals surface area contributed by atoms with E-state index in [2.05, 4.69) is 0 Å². The lowest BCUT2D eigenvalue weighted by Crippen LogP contribution is -2.32. The number of sulfone groups is 1. The molecular weight excluding hydrogens is 286 g/mol. The molecule has 0 radical (unpaired) electrons. The average Bonchev–Trinajstić information content (AvgIpc) is 2.78. The summed E-state index contributed by atoms with van der Waals surface area (Å²) in [7, 11) is -2.91. The molecule has 1 fully saturated rings. The SMILES string of the molecule is CCCN(Cc1ccccc1)C(=O)CC1CCS(=O)(=O)C1. The number of rotatable bonds is 6. The van der Waals surface area contributed by atoms with E-state index in [0.717, 1.165) is 12.0 Å². The number of nitrogens with zero attached hydrogens (tertiary/aromatic N) is 1. The van der Waals surface area contributed by atoms with Crippen molar-refractivity contribution < 1.29 is 13.2 Å². The molecular formula is C16H23NO3S. The minimum absolute atomic E-state index is 0.00219. The van der Waals surface area contributed by atoms with Crippen molar-refractivity contribution >= 4 is 15.7 Å². The van der Waals surface area contributed by atoms with E-state index in [4.69, 9.17) is 0 Å². The predicted octanol–water partition coefficient (Wildman–Crippen LogP) is 2.25. The Bertz CT molecular complexity index is 568. The van der Waals surface area contributed by atoms with Crippen LogP contribution >= 0.6 is 0 Å². The first-order valence-corrected chi connectivity index (χ1v) is 9.34. The second-order valence-corrected chi connectivity index (χ2v) is 8.00. The van der Waals surface area contributed by atoms with Crippen LogP contribution in [0.5, 0.6) is 0 Å². The Morgan fingerprint density at radius 1 is 1.29 bits per heavy atom. The highest BCUT2D eigenvalue weighted by molar-refractivity contribution is 7.91.